The molecule has 0 aromatic rings. The summed E-state index contributed by atoms with van der Waals surface area (Å²) in [7, 11) is 1.40. The molecule has 5 heteroatoms. The maximum absolute atomic E-state index is 10.1. The zero-order valence-electron chi connectivity index (χ0n) is 6.36. The lowest BCUT2D eigenvalue weighted by molar-refractivity contribution is -0.161. The molecule has 64 valence electrons. The van der Waals surface area contributed by atoms with Crippen molar-refractivity contribution in [3.8, 4) is 0 Å². The van der Waals surface area contributed by atoms with Crippen molar-refractivity contribution >= 4 is 12.9 Å². The average Bonchev–Trinajstić information content (AvgIpc) is 2.05. The molecule has 0 aliphatic heterocycles. The quantitative estimate of drug-likeness (QED) is 0.289. The van der Waals surface area contributed by atoms with E-state index in [-0.39, 0.29) is 0 Å². The number of amides is 1. The fraction of sp³-hybridized carbons (Fsp3) is 0.667. The molecule has 0 radical (unpaired) electrons. The topological polar surface area (TPSA) is 55.8 Å². The second-order valence-corrected chi connectivity index (χ2v) is 1.75. The van der Waals surface area contributed by atoms with Crippen LogP contribution in [-0.4, -0.2) is 38.2 Å². The zero-order chi connectivity index (χ0) is 8.53. The van der Waals surface area contributed by atoms with Crippen molar-refractivity contribution in [3.63, 3.8) is 0 Å². The van der Waals surface area contributed by atoms with Crippen LogP contribution in [0.4, 0.5) is 0 Å². The Morgan fingerprint density at radius 1 is 1.45 bits per heavy atom. The molecule has 0 atom stereocenters. The predicted octanol–water partition coefficient (Wildman–Crippen LogP) is -0.431. The third kappa shape index (κ3) is 5.35. The molecule has 1 amide bonds. The van der Waals surface area contributed by atoms with E-state index in [1.807, 2.05) is 0 Å². The summed E-state index contributed by atoms with van der Waals surface area (Å²) in [5.74, 6) is 0. The number of carbonyl (C=O) groups is 2. The summed E-state index contributed by atoms with van der Waals surface area (Å²) in [5.41, 5.74) is 0. The maximum atomic E-state index is 10.1. The van der Waals surface area contributed by atoms with Crippen molar-refractivity contribution in [2.45, 2.75) is 6.42 Å². The van der Waals surface area contributed by atoms with Gasteiger partial charge in [-0.3, -0.25) is 14.4 Å². The summed E-state index contributed by atoms with van der Waals surface area (Å²) < 4.78 is 4.39. The third-order valence-corrected chi connectivity index (χ3v) is 1.06. The van der Waals surface area contributed by atoms with Gasteiger partial charge < -0.3 is 4.74 Å². The average molecular weight is 161 g/mol. The standard InChI is InChI=1S/C6H11NO4/c1-10-7(5-8)3-2-4-11-6-9/h5-6H,2-4H2,1H3. The van der Waals surface area contributed by atoms with Crippen LogP contribution in [0.1, 0.15) is 6.42 Å². The van der Waals surface area contributed by atoms with Gasteiger partial charge in [0.25, 0.3) is 6.47 Å². The maximum Gasteiger partial charge on any atom is 0.293 e. The Labute approximate surface area is 64.8 Å². The van der Waals surface area contributed by atoms with Crippen LogP contribution in [0.15, 0.2) is 0 Å². The van der Waals surface area contributed by atoms with E-state index in [0.717, 1.165) is 5.06 Å². The molecule has 0 aromatic carbocycles. The Morgan fingerprint density at radius 3 is 2.64 bits per heavy atom. The first kappa shape index (κ1) is 9.90. The van der Waals surface area contributed by atoms with E-state index in [4.69, 9.17) is 0 Å². The normalized spacial score (nSPS) is 8.82. The van der Waals surface area contributed by atoms with Gasteiger partial charge in [-0.1, -0.05) is 0 Å². The van der Waals surface area contributed by atoms with E-state index >= 15 is 0 Å². The highest BCUT2D eigenvalue weighted by Gasteiger charge is 1.97. The Hall–Kier alpha value is -1.10. The van der Waals surface area contributed by atoms with Gasteiger partial charge in [0, 0.05) is 6.42 Å². The molecule has 0 saturated carbocycles. The Balaban J connectivity index is 3.20. The number of hydrogen-bond donors (Lipinski definition) is 0. The first-order valence-corrected chi connectivity index (χ1v) is 3.16. The second-order valence-electron chi connectivity index (χ2n) is 1.75. The van der Waals surface area contributed by atoms with Crippen LogP contribution < -0.4 is 0 Å². The highest BCUT2D eigenvalue weighted by molar-refractivity contribution is 5.44. The molecular weight excluding hydrogens is 150 g/mol. The highest BCUT2D eigenvalue weighted by Crippen LogP contribution is 1.87. The van der Waals surface area contributed by atoms with Gasteiger partial charge in [0.15, 0.2) is 0 Å². The van der Waals surface area contributed by atoms with Crippen molar-refractivity contribution in [2.24, 2.45) is 0 Å². The fourth-order valence-corrected chi connectivity index (χ4v) is 0.539. The summed E-state index contributed by atoms with van der Waals surface area (Å²) in [6.07, 6.45) is 1.15. The van der Waals surface area contributed by atoms with Crippen molar-refractivity contribution in [3.05, 3.63) is 0 Å². The molecule has 5 nitrogen and oxygen atoms in total. The van der Waals surface area contributed by atoms with Crippen LogP contribution in [0.2, 0.25) is 0 Å². The summed E-state index contributed by atoms with van der Waals surface area (Å²) in [5, 5.41) is 1.12. The van der Waals surface area contributed by atoms with Gasteiger partial charge in [-0.2, -0.15) is 0 Å². The number of ether oxygens (including phenoxy) is 1. The van der Waals surface area contributed by atoms with Crippen LogP contribution in [-0.2, 0) is 19.2 Å². The van der Waals surface area contributed by atoms with Gasteiger partial charge >= 0.3 is 0 Å². The third-order valence-electron chi connectivity index (χ3n) is 1.06. The number of hydrogen-bond acceptors (Lipinski definition) is 4. The lowest BCUT2D eigenvalue weighted by atomic mass is 10.4. The summed E-state index contributed by atoms with van der Waals surface area (Å²) in [6.45, 7) is 1.10. The molecule has 0 unspecified atom stereocenters. The zero-order valence-corrected chi connectivity index (χ0v) is 6.36. The predicted molar refractivity (Wildman–Crippen MR) is 36.4 cm³/mol. The number of carbonyl (C=O) groups excluding carboxylic acids is 2. The highest BCUT2D eigenvalue weighted by atomic mass is 16.7. The van der Waals surface area contributed by atoms with Gasteiger partial charge in [0.1, 0.15) is 0 Å². The fourth-order valence-electron chi connectivity index (χ4n) is 0.539. The second kappa shape index (κ2) is 7.01. The van der Waals surface area contributed by atoms with Crippen LogP contribution >= 0.6 is 0 Å². The SMILES string of the molecule is CON(C=O)CCCOC=O. The van der Waals surface area contributed by atoms with E-state index in [0.29, 0.717) is 32.5 Å². The first-order chi connectivity index (χ1) is 5.35. The van der Waals surface area contributed by atoms with Gasteiger partial charge in [-0.05, 0) is 0 Å². The molecule has 0 saturated heterocycles. The Morgan fingerprint density at radius 2 is 2.18 bits per heavy atom. The van der Waals surface area contributed by atoms with E-state index in [1.165, 1.54) is 7.11 Å². The first-order valence-electron chi connectivity index (χ1n) is 3.16. The van der Waals surface area contributed by atoms with Crippen LogP contribution in [0, 0.1) is 0 Å². The number of nitrogens with zero attached hydrogens (tertiary/aromatic N) is 1. The monoisotopic (exact) mass is 161 g/mol. The molecule has 0 fully saturated rings. The summed E-state index contributed by atoms with van der Waals surface area (Å²) in [4.78, 5) is 24.3. The van der Waals surface area contributed by atoms with E-state index in [9.17, 15) is 9.59 Å². The minimum atomic E-state index is 0.303. The van der Waals surface area contributed by atoms with Crippen molar-refractivity contribution in [2.75, 3.05) is 20.3 Å². The smallest absolute Gasteiger partial charge is 0.293 e. The van der Waals surface area contributed by atoms with E-state index in [2.05, 4.69) is 9.57 Å². The van der Waals surface area contributed by atoms with Crippen molar-refractivity contribution < 1.29 is 19.2 Å². The molecule has 0 bridgehead atoms. The Bertz CT molecular complexity index is 117. The van der Waals surface area contributed by atoms with E-state index < -0.39 is 0 Å². The number of rotatable bonds is 7. The minimum absolute atomic E-state index is 0.303. The van der Waals surface area contributed by atoms with Crippen LogP contribution in [0.3, 0.4) is 0 Å². The van der Waals surface area contributed by atoms with Crippen LogP contribution in [0.5, 0.6) is 0 Å². The molecule has 0 aromatic heterocycles. The van der Waals surface area contributed by atoms with Crippen molar-refractivity contribution in [1.29, 1.82) is 0 Å². The lowest BCUT2D eigenvalue weighted by Gasteiger charge is -2.12. The summed E-state index contributed by atoms with van der Waals surface area (Å²) in [6, 6.07) is 0. The van der Waals surface area contributed by atoms with E-state index in [1.54, 1.807) is 0 Å². The molecule has 0 rings (SSSR count). The lowest BCUT2D eigenvalue weighted by Crippen LogP contribution is -2.22. The summed E-state index contributed by atoms with van der Waals surface area (Å²) >= 11 is 0. The van der Waals surface area contributed by atoms with Crippen molar-refractivity contribution in [1.82, 2.24) is 5.06 Å². The van der Waals surface area contributed by atoms with Gasteiger partial charge in [-0.25, -0.2) is 5.06 Å². The van der Waals surface area contributed by atoms with Gasteiger partial charge in [0.05, 0.1) is 20.3 Å². The van der Waals surface area contributed by atoms with Crippen LogP contribution in [0.25, 0.3) is 0 Å². The molecule has 11 heavy (non-hydrogen) atoms. The molecule has 0 spiro atoms. The molecule has 0 aliphatic carbocycles. The Kier molecular flexibility index (Phi) is 6.31. The molecular formula is C6H11NO4. The largest absolute Gasteiger partial charge is 0.468 e. The number of hydroxylamine groups is 2. The van der Waals surface area contributed by atoms with Gasteiger partial charge in [-0.15, -0.1) is 0 Å². The van der Waals surface area contributed by atoms with Gasteiger partial charge in [0.2, 0.25) is 6.41 Å². The minimum Gasteiger partial charge on any atom is -0.468 e. The molecule has 0 heterocycles. The molecule has 0 aliphatic rings. The molecule has 0 N–H and O–H groups in total.